The van der Waals surface area contributed by atoms with Gasteiger partial charge < -0.3 is 5.32 Å². The first-order valence-electron chi connectivity index (χ1n) is 6.29. The van der Waals surface area contributed by atoms with Crippen molar-refractivity contribution in [2.24, 2.45) is 0 Å². The van der Waals surface area contributed by atoms with Gasteiger partial charge in [0.1, 0.15) is 5.82 Å². The monoisotopic (exact) mass is 280 g/mol. The number of halogens is 3. The van der Waals surface area contributed by atoms with Crippen LogP contribution in [0.1, 0.15) is 24.0 Å². The van der Waals surface area contributed by atoms with Crippen LogP contribution in [0.4, 0.5) is 19.0 Å². The second kappa shape index (κ2) is 5.94. The van der Waals surface area contributed by atoms with E-state index in [1.807, 2.05) is 37.3 Å². The van der Waals surface area contributed by atoms with E-state index in [0.717, 1.165) is 11.6 Å². The third-order valence-corrected chi connectivity index (χ3v) is 3.06. The average Bonchev–Trinajstić information content (AvgIpc) is 2.45. The number of benzene rings is 1. The number of alkyl halides is 3. The Bertz CT molecular complexity index is 553. The van der Waals surface area contributed by atoms with Crippen molar-refractivity contribution in [2.45, 2.75) is 19.0 Å². The summed E-state index contributed by atoms with van der Waals surface area (Å²) in [6.07, 6.45) is -3.04. The van der Waals surface area contributed by atoms with E-state index in [-0.39, 0.29) is 11.7 Å². The Labute approximate surface area is 115 Å². The van der Waals surface area contributed by atoms with Crippen molar-refractivity contribution < 1.29 is 13.2 Å². The van der Waals surface area contributed by atoms with Crippen molar-refractivity contribution in [3.05, 3.63) is 59.8 Å². The maximum atomic E-state index is 12.8. The fraction of sp³-hybridized carbons (Fsp3) is 0.267. The first-order chi connectivity index (χ1) is 9.48. The van der Waals surface area contributed by atoms with E-state index >= 15 is 0 Å². The van der Waals surface area contributed by atoms with Crippen LogP contribution >= 0.6 is 0 Å². The maximum absolute atomic E-state index is 12.8. The molecule has 0 amide bonds. The molecule has 2 nitrogen and oxygen atoms in total. The minimum absolute atomic E-state index is 0.0966. The van der Waals surface area contributed by atoms with E-state index < -0.39 is 11.7 Å². The molecular formula is C15H15F3N2. The molecule has 1 atom stereocenters. The highest BCUT2D eigenvalue weighted by Gasteiger charge is 2.34. The normalized spacial score (nSPS) is 13.0. The van der Waals surface area contributed by atoms with Gasteiger partial charge in [-0.15, -0.1) is 0 Å². The van der Waals surface area contributed by atoms with E-state index in [9.17, 15) is 13.2 Å². The predicted octanol–water partition coefficient (Wildman–Crippen LogP) is 4.32. The van der Waals surface area contributed by atoms with Gasteiger partial charge in [0.25, 0.3) is 0 Å². The Morgan fingerprint density at radius 2 is 1.80 bits per heavy atom. The number of nitrogens with one attached hydrogen (secondary N) is 1. The van der Waals surface area contributed by atoms with E-state index in [4.69, 9.17) is 0 Å². The smallest absolute Gasteiger partial charge is 0.369 e. The molecule has 20 heavy (non-hydrogen) atoms. The Kier molecular flexibility index (Phi) is 4.27. The zero-order chi connectivity index (χ0) is 14.6. The lowest BCUT2D eigenvalue weighted by atomic mass is 10.0. The van der Waals surface area contributed by atoms with Gasteiger partial charge in [-0.3, -0.25) is 0 Å². The highest BCUT2D eigenvalue weighted by Crippen LogP contribution is 2.33. The average molecular weight is 280 g/mol. The molecule has 0 bridgehead atoms. The Balaban J connectivity index is 2.08. The molecule has 1 unspecified atom stereocenters. The number of rotatable bonds is 4. The molecule has 0 spiro atoms. The summed E-state index contributed by atoms with van der Waals surface area (Å²) in [6.45, 7) is 2.35. The van der Waals surface area contributed by atoms with Crippen LogP contribution in [0.5, 0.6) is 0 Å². The van der Waals surface area contributed by atoms with Crippen LogP contribution in [0.15, 0.2) is 48.7 Å². The minimum Gasteiger partial charge on any atom is -0.369 e. The van der Waals surface area contributed by atoms with Crippen molar-refractivity contribution >= 4 is 5.82 Å². The van der Waals surface area contributed by atoms with Crippen LogP contribution in [0.2, 0.25) is 0 Å². The largest absolute Gasteiger partial charge is 0.419 e. The van der Waals surface area contributed by atoms with E-state index in [1.54, 1.807) is 0 Å². The van der Waals surface area contributed by atoms with Gasteiger partial charge in [0.2, 0.25) is 0 Å². The lowest BCUT2D eigenvalue weighted by molar-refractivity contribution is -0.137. The van der Waals surface area contributed by atoms with Crippen LogP contribution in [-0.4, -0.2) is 11.5 Å². The third kappa shape index (κ3) is 3.50. The Morgan fingerprint density at radius 3 is 2.45 bits per heavy atom. The Morgan fingerprint density at radius 1 is 1.10 bits per heavy atom. The molecule has 1 N–H and O–H groups in total. The van der Waals surface area contributed by atoms with Gasteiger partial charge in [-0.2, -0.15) is 13.2 Å². The summed E-state index contributed by atoms with van der Waals surface area (Å²) in [6, 6.07) is 12.0. The molecule has 1 heterocycles. The molecular weight excluding hydrogens is 265 g/mol. The lowest BCUT2D eigenvalue weighted by Gasteiger charge is -2.16. The van der Waals surface area contributed by atoms with Gasteiger partial charge in [0, 0.05) is 12.7 Å². The van der Waals surface area contributed by atoms with Crippen LogP contribution in [-0.2, 0) is 6.18 Å². The molecule has 106 valence electrons. The molecule has 0 saturated carbocycles. The van der Waals surface area contributed by atoms with Crippen molar-refractivity contribution in [1.82, 2.24) is 4.98 Å². The van der Waals surface area contributed by atoms with Crippen molar-refractivity contribution in [3.63, 3.8) is 0 Å². The molecule has 2 aromatic rings. The standard InChI is InChI=1S/C15H15F3N2/c1-11(12-6-3-2-4-7-12)10-20-14-13(15(16,17)18)8-5-9-19-14/h2-9,11H,10H2,1H3,(H,19,20). The summed E-state index contributed by atoms with van der Waals surface area (Å²) < 4.78 is 38.4. The van der Waals surface area contributed by atoms with Gasteiger partial charge >= 0.3 is 6.18 Å². The van der Waals surface area contributed by atoms with E-state index in [2.05, 4.69) is 10.3 Å². The first-order valence-corrected chi connectivity index (χ1v) is 6.29. The van der Waals surface area contributed by atoms with Gasteiger partial charge in [0.15, 0.2) is 0 Å². The molecule has 5 heteroatoms. The summed E-state index contributed by atoms with van der Waals surface area (Å²) in [5, 5.41) is 2.79. The highest BCUT2D eigenvalue weighted by molar-refractivity contribution is 5.45. The fourth-order valence-electron chi connectivity index (χ4n) is 1.92. The summed E-state index contributed by atoms with van der Waals surface area (Å²) in [4.78, 5) is 3.78. The molecule has 1 aromatic heterocycles. The fourth-order valence-corrected chi connectivity index (χ4v) is 1.92. The SMILES string of the molecule is CC(CNc1ncccc1C(F)(F)F)c1ccccc1. The lowest BCUT2D eigenvalue weighted by Crippen LogP contribution is -2.16. The highest BCUT2D eigenvalue weighted by atomic mass is 19.4. The minimum atomic E-state index is -4.40. The number of anilines is 1. The molecule has 1 aromatic carbocycles. The quantitative estimate of drug-likeness (QED) is 0.902. The van der Waals surface area contributed by atoms with Gasteiger partial charge in [-0.1, -0.05) is 37.3 Å². The van der Waals surface area contributed by atoms with Crippen molar-refractivity contribution in [2.75, 3.05) is 11.9 Å². The molecule has 0 radical (unpaired) electrons. The molecule has 0 fully saturated rings. The zero-order valence-corrected chi connectivity index (χ0v) is 11.0. The predicted molar refractivity (Wildman–Crippen MR) is 72.6 cm³/mol. The van der Waals surface area contributed by atoms with E-state index in [1.165, 1.54) is 12.3 Å². The second-order valence-electron chi connectivity index (χ2n) is 4.59. The number of nitrogens with zero attached hydrogens (tertiary/aromatic N) is 1. The zero-order valence-electron chi connectivity index (χ0n) is 11.0. The van der Waals surface area contributed by atoms with Crippen LogP contribution in [0, 0.1) is 0 Å². The van der Waals surface area contributed by atoms with E-state index in [0.29, 0.717) is 6.54 Å². The second-order valence-corrected chi connectivity index (χ2v) is 4.59. The van der Waals surface area contributed by atoms with Gasteiger partial charge in [-0.25, -0.2) is 4.98 Å². The summed E-state index contributed by atoms with van der Waals surface area (Å²) >= 11 is 0. The van der Waals surface area contributed by atoms with Gasteiger partial charge in [-0.05, 0) is 23.6 Å². The van der Waals surface area contributed by atoms with Crippen molar-refractivity contribution in [1.29, 1.82) is 0 Å². The third-order valence-electron chi connectivity index (χ3n) is 3.06. The number of hydrogen-bond donors (Lipinski definition) is 1. The summed E-state index contributed by atoms with van der Waals surface area (Å²) in [5.41, 5.74) is 0.338. The summed E-state index contributed by atoms with van der Waals surface area (Å²) in [5.74, 6) is -0.0259. The molecule has 0 aliphatic rings. The molecule has 0 aliphatic carbocycles. The Hall–Kier alpha value is -2.04. The van der Waals surface area contributed by atoms with Crippen LogP contribution in [0.3, 0.4) is 0 Å². The molecule has 2 rings (SSSR count). The maximum Gasteiger partial charge on any atom is 0.419 e. The number of aromatic nitrogens is 1. The first kappa shape index (κ1) is 14.4. The van der Waals surface area contributed by atoms with Crippen LogP contribution < -0.4 is 5.32 Å². The number of hydrogen-bond acceptors (Lipinski definition) is 2. The van der Waals surface area contributed by atoms with Gasteiger partial charge in [0.05, 0.1) is 5.56 Å². The van der Waals surface area contributed by atoms with Crippen molar-refractivity contribution in [3.8, 4) is 0 Å². The van der Waals surface area contributed by atoms with Crippen LogP contribution in [0.25, 0.3) is 0 Å². The molecule has 0 aliphatic heterocycles. The topological polar surface area (TPSA) is 24.9 Å². The molecule has 0 saturated heterocycles. The summed E-state index contributed by atoms with van der Waals surface area (Å²) in [7, 11) is 0. The number of pyridine rings is 1.